The molecule has 0 saturated carbocycles. The van der Waals surface area contributed by atoms with Crippen LogP contribution >= 0.6 is 0 Å². The molecule has 1 saturated heterocycles. The van der Waals surface area contributed by atoms with Crippen LogP contribution in [0.15, 0.2) is 0 Å². The van der Waals surface area contributed by atoms with Gasteiger partial charge in [-0.05, 0) is 33.6 Å². The predicted molar refractivity (Wildman–Crippen MR) is 63.9 cm³/mol. The van der Waals surface area contributed by atoms with Gasteiger partial charge in [-0.2, -0.15) is 0 Å². The summed E-state index contributed by atoms with van der Waals surface area (Å²) in [5, 5.41) is 0. The van der Waals surface area contributed by atoms with Gasteiger partial charge in [0.05, 0.1) is 6.10 Å². The molecule has 1 unspecified atom stereocenters. The van der Waals surface area contributed by atoms with Gasteiger partial charge in [-0.1, -0.05) is 6.42 Å². The van der Waals surface area contributed by atoms with Crippen molar-refractivity contribution in [2.24, 2.45) is 5.73 Å². The fourth-order valence-electron chi connectivity index (χ4n) is 2.50. The Morgan fingerprint density at radius 1 is 1.33 bits per heavy atom. The van der Waals surface area contributed by atoms with Gasteiger partial charge in [0.25, 0.3) is 0 Å². The monoisotopic (exact) mass is 214 g/mol. The summed E-state index contributed by atoms with van der Waals surface area (Å²) in [6.07, 6.45) is 4.19. The quantitative estimate of drug-likeness (QED) is 0.755. The maximum absolute atomic E-state index is 5.72. The van der Waals surface area contributed by atoms with Crippen LogP contribution in [0.1, 0.15) is 40.0 Å². The first-order chi connectivity index (χ1) is 7.19. The average molecular weight is 214 g/mol. The summed E-state index contributed by atoms with van der Waals surface area (Å²) in [5.74, 6) is 0. The van der Waals surface area contributed by atoms with Crippen molar-refractivity contribution in [2.45, 2.75) is 58.2 Å². The van der Waals surface area contributed by atoms with Crippen LogP contribution in [0, 0.1) is 0 Å². The summed E-state index contributed by atoms with van der Waals surface area (Å²) in [6.45, 7) is 9.05. The van der Waals surface area contributed by atoms with E-state index in [9.17, 15) is 0 Å². The molecule has 0 spiro atoms. The molecule has 0 aromatic heterocycles. The summed E-state index contributed by atoms with van der Waals surface area (Å²) < 4.78 is 5.62. The van der Waals surface area contributed by atoms with Crippen LogP contribution in [0.3, 0.4) is 0 Å². The van der Waals surface area contributed by atoms with E-state index in [1.165, 1.54) is 19.3 Å². The molecule has 0 aromatic carbocycles. The number of likely N-dealkylation sites (tertiary alicyclic amines) is 1. The number of hydrogen-bond donors (Lipinski definition) is 1. The lowest BCUT2D eigenvalue weighted by atomic mass is 9.97. The van der Waals surface area contributed by atoms with E-state index in [0.29, 0.717) is 18.6 Å². The third-order valence-corrected chi connectivity index (χ3v) is 3.46. The van der Waals surface area contributed by atoms with Crippen molar-refractivity contribution in [3.63, 3.8) is 0 Å². The van der Waals surface area contributed by atoms with Crippen molar-refractivity contribution in [1.82, 2.24) is 4.90 Å². The topological polar surface area (TPSA) is 38.5 Å². The van der Waals surface area contributed by atoms with E-state index in [1.54, 1.807) is 0 Å². The number of nitrogens with zero attached hydrogens (tertiary/aromatic N) is 1. The smallest absolute Gasteiger partial charge is 0.0823 e. The molecule has 0 aliphatic carbocycles. The highest BCUT2D eigenvalue weighted by Crippen LogP contribution is 2.22. The minimum absolute atomic E-state index is 0.206. The summed E-state index contributed by atoms with van der Waals surface area (Å²) >= 11 is 0. The molecule has 3 heteroatoms. The Labute approximate surface area is 94.0 Å². The van der Waals surface area contributed by atoms with Gasteiger partial charge in [-0.3, -0.25) is 4.90 Å². The van der Waals surface area contributed by atoms with Crippen LogP contribution in [0.5, 0.6) is 0 Å². The molecule has 1 fully saturated rings. The Kier molecular flexibility index (Phi) is 5.58. The molecule has 3 atom stereocenters. The van der Waals surface area contributed by atoms with Crippen LogP contribution in [0.25, 0.3) is 0 Å². The van der Waals surface area contributed by atoms with E-state index in [2.05, 4.69) is 18.7 Å². The normalized spacial score (nSPS) is 30.4. The van der Waals surface area contributed by atoms with Crippen molar-refractivity contribution in [1.29, 1.82) is 0 Å². The van der Waals surface area contributed by atoms with E-state index < -0.39 is 0 Å². The van der Waals surface area contributed by atoms with Gasteiger partial charge < -0.3 is 10.5 Å². The standard InChI is InChI=1S/C12H26N2O/c1-4-15-12(8-13)9-14-10(2)6-5-7-11(14)3/h10-12H,4-9,13H2,1-3H3/t10-,11+,12?. The second-order valence-electron chi connectivity index (χ2n) is 4.64. The summed E-state index contributed by atoms with van der Waals surface area (Å²) in [6, 6.07) is 1.37. The van der Waals surface area contributed by atoms with Crippen molar-refractivity contribution >= 4 is 0 Å². The molecule has 15 heavy (non-hydrogen) atoms. The van der Waals surface area contributed by atoms with Crippen molar-refractivity contribution in [3.8, 4) is 0 Å². The van der Waals surface area contributed by atoms with Gasteiger partial charge in [0.2, 0.25) is 0 Å². The average Bonchev–Trinajstić information content (AvgIpc) is 2.22. The molecule has 0 bridgehead atoms. The van der Waals surface area contributed by atoms with Gasteiger partial charge in [0.1, 0.15) is 0 Å². The fraction of sp³-hybridized carbons (Fsp3) is 1.00. The third-order valence-electron chi connectivity index (χ3n) is 3.46. The lowest BCUT2D eigenvalue weighted by Gasteiger charge is -2.40. The van der Waals surface area contributed by atoms with Gasteiger partial charge in [0.15, 0.2) is 0 Å². The molecule has 1 rings (SSSR count). The second-order valence-corrected chi connectivity index (χ2v) is 4.64. The minimum atomic E-state index is 0.206. The molecular formula is C12H26N2O. The Morgan fingerprint density at radius 2 is 1.93 bits per heavy atom. The van der Waals surface area contributed by atoms with Gasteiger partial charge in [-0.25, -0.2) is 0 Å². The molecular weight excluding hydrogens is 188 g/mol. The Balaban J connectivity index is 2.45. The van der Waals surface area contributed by atoms with Crippen LogP contribution in [0.2, 0.25) is 0 Å². The first kappa shape index (κ1) is 12.9. The number of nitrogens with two attached hydrogens (primary N) is 1. The Hall–Kier alpha value is -0.120. The van der Waals surface area contributed by atoms with Crippen LogP contribution in [-0.4, -0.2) is 42.8 Å². The van der Waals surface area contributed by atoms with Crippen LogP contribution in [0.4, 0.5) is 0 Å². The number of hydrogen-bond acceptors (Lipinski definition) is 3. The lowest BCUT2D eigenvalue weighted by Crippen LogP contribution is -2.49. The summed E-state index contributed by atoms with van der Waals surface area (Å²) in [5.41, 5.74) is 5.72. The van der Waals surface area contributed by atoms with Gasteiger partial charge in [-0.15, -0.1) is 0 Å². The maximum atomic E-state index is 5.72. The molecule has 2 N–H and O–H groups in total. The molecule has 1 aliphatic heterocycles. The Morgan fingerprint density at radius 3 is 2.40 bits per heavy atom. The molecule has 90 valence electrons. The molecule has 0 radical (unpaired) electrons. The zero-order valence-corrected chi connectivity index (χ0v) is 10.4. The summed E-state index contributed by atoms with van der Waals surface area (Å²) in [4.78, 5) is 2.55. The SMILES string of the molecule is CCOC(CN)CN1[C@H](C)CCC[C@@H]1C. The van der Waals surface area contributed by atoms with Gasteiger partial charge >= 0.3 is 0 Å². The maximum Gasteiger partial charge on any atom is 0.0823 e. The van der Waals surface area contributed by atoms with Gasteiger partial charge in [0, 0.05) is 31.8 Å². The zero-order valence-electron chi connectivity index (χ0n) is 10.4. The minimum Gasteiger partial charge on any atom is -0.376 e. The predicted octanol–water partition coefficient (Wildman–Crippen LogP) is 1.61. The highest BCUT2D eigenvalue weighted by molar-refractivity contribution is 4.81. The van der Waals surface area contributed by atoms with Crippen molar-refractivity contribution < 1.29 is 4.74 Å². The zero-order chi connectivity index (χ0) is 11.3. The van der Waals surface area contributed by atoms with Crippen LogP contribution < -0.4 is 5.73 Å². The molecule has 1 aliphatic rings. The van der Waals surface area contributed by atoms with E-state index in [-0.39, 0.29) is 6.10 Å². The highest BCUT2D eigenvalue weighted by Gasteiger charge is 2.26. The largest absolute Gasteiger partial charge is 0.376 e. The second kappa shape index (κ2) is 6.46. The van der Waals surface area contributed by atoms with E-state index in [4.69, 9.17) is 10.5 Å². The lowest BCUT2D eigenvalue weighted by molar-refractivity contribution is 0.00377. The van der Waals surface area contributed by atoms with Crippen molar-refractivity contribution in [2.75, 3.05) is 19.7 Å². The third kappa shape index (κ3) is 3.74. The molecule has 0 aromatic rings. The summed E-state index contributed by atoms with van der Waals surface area (Å²) in [7, 11) is 0. The number of ether oxygens (including phenoxy) is 1. The molecule has 3 nitrogen and oxygen atoms in total. The first-order valence-electron chi connectivity index (χ1n) is 6.26. The molecule has 0 amide bonds. The van der Waals surface area contributed by atoms with E-state index in [0.717, 1.165) is 13.2 Å². The van der Waals surface area contributed by atoms with Crippen molar-refractivity contribution in [3.05, 3.63) is 0 Å². The van der Waals surface area contributed by atoms with E-state index in [1.807, 2.05) is 6.92 Å². The van der Waals surface area contributed by atoms with E-state index >= 15 is 0 Å². The molecule has 1 heterocycles. The highest BCUT2D eigenvalue weighted by atomic mass is 16.5. The fourth-order valence-corrected chi connectivity index (χ4v) is 2.50. The first-order valence-corrected chi connectivity index (χ1v) is 6.26. The van der Waals surface area contributed by atoms with Crippen LogP contribution in [-0.2, 0) is 4.74 Å². The number of rotatable bonds is 5. The Bertz CT molecular complexity index is 165. The number of piperidine rings is 1.